The summed E-state index contributed by atoms with van der Waals surface area (Å²) < 4.78 is 5.87. The molecule has 15 nitrogen and oxygen atoms in total. The maximum absolute atomic E-state index is 14.0. The number of carbonyl (C=O) groups excluding carboxylic acids is 7. The Balaban J connectivity index is 1.10. The van der Waals surface area contributed by atoms with Gasteiger partial charge in [-0.3, -0.25) is 33.6 Å². The molecule has 0 unspecified atom stereocenters. The van der Waals surface area contributed by atoms with Crippen LogP contribution in [0.4, 0.5) is 5.69 Å². The number of benzene rings is 3. The summed E-state index contributed by atoms with van der Waals surface area (Å²) in [5.74, 6) is -1.98. The summed E-state index contributed by atoms with van der Waals surface area (Å²) in [5.41, 5.74) is 8.73. The summed E-state index contributed by atoms with van der Waals surface area (Å²) in [7, 11) is 0. The maximum Gasteiger partial charge on any atom is 0.245 e. The molecule has 1 fully saturated rings. The first kappa shape index (κ1) is 48.9. The number of ketones is 2. The lowest BCUT2D eigenvalue weighted by Gasteiger charge is -2.29. The molecule has 2 aliphatic rings. The summed E-state index contributed by atoms with van der Waals surface area (Å²) in [6, 6.07) is 15.7. The van der Waals surface area contributed by atoms with Gasteiger partial charge in [-0.2, -0.15) is 0 Å². The van der Waals surface area contributed by atoms with Crippen LogP contribution in [0.2, 0.25) is 0 Å². The van der Waals surface area contributed by atoms with Gasteiger partial charge in [0.1, 0.15) is 29.5 Å². The van der Waals surface area contributed by atoms with E-state index in [1.165, 1.54) is 4.90 Å². The maximum atomic E-state index is 14.0. The van der Waals surface area contributed by atoms with Crippen LogP contribution in [0, 0.1) is 11.8 Å². The van der Waals surface area contributed by atoms with Crippen molar-refractivity contribution in [3.05, 3.63) is 94.5 Å². The fraction of sp³-hybridized carbons (Fsp3) is 0.490. The van der Waals surface area contributed by atoms with Gasteiger partial charge in [-0.15, -0.1) is 0 Å². The summed E-state index contributed by atoms with van der Waals surface area (Å²) in [6.07, 6.45) is 2.44. The van der Waals surface area contributed by atoms with Crippen molar-refractivity contribution >= 4 is 46.8 Å². The first-order chi connectivity index (χ1) is 30.3. The van der Waals surface area contributed by atoms with Crippen LogP contribution in [0.25, 0.3) is 0 Å². The molecular formula is C49H65N7O8. The Morgan fingerprint density at radius 3 is 2.06 bits per heavy atom. The van der Waals surface area contributed by atoms with Crippen molar-refractivity contribution in [3.63, 3.8) is 0 Å². The van der Waals surface area contributed by atoms with E-state index in [2.05, 4.69) is 26.6 Å². The predicted molar refractivity (Wildman–Crippen MR) is 245 cm³/mol. The molecule has 1 aliphatic carbocycles. The molecule has 344 valence electrons. The van der Waals surface area contributed by atoms with Gasteiger partial charge < -0.3 is 42.0 Å². The third kappa shape index (κ3) is 13.2. The van der Waals surface area contributed by atoms with Crippen molar-refractivity contribution in [2.45, 2.75) is 117 Å². The molecule has 0 saturated carbocycles. The highest BCUT2D eigenvalue weighted by Gasteiger charge is 2.38. The topological polar surface area (TPSA) is 218 Å². The van der Waals surface area contributed by atoms with E-state index in [1.807, 2.05) is 72.7 Å². The van der Waals surface area contributed by atoms with Crippen molar-refractivity contribution in [1.82, 2.24) is 26.2 Å². The molecule has 1 heterocycles. The smallest absolute Gasteiger partial charge is 0.245 e. The molecule has 0 radical (unpaired) electrons. The number of likely N-dealkylation sites (tertiary alicyclic amines) is 1. The minimum absolute atomic E-state index is 0.0224. The van der Waals surface area contributed by atoms with Crippen molar-refractivity contribution < 1.29 is 38.3 Å². The molecule has 7 N–H and O–H groups in total. The quantitative estimate of drug-likeness (QED) is 0.0692. The summed E-state index contributed by atoms with van der Waals surface area (Å²) >= 11 is 0. The highest BCUT2D eigenvalue weighted by Crippen LogP contribution is 2.32. The number of rotatable bonds is 20. The molecule has 0 aromatic heterocycles. The molecule has 4 atom stereocenters. The number of anilines is 1. The van der Waals surface area contributed by atoms with Crippen molar-refractivity contribution in [2.75, 3.05) is 31.5 Å². The van der Waals surface area contributed by atoms with Gasteiger partial charge >= 0.3 is 0 Å². The van der Waals surface area contributed by atoms with Crippen molar-refractivity contribution in [3.8, 4) is 5.75 Å². The highest BCUT2D eigenvalue weighted by atomic mass is 16.5. The zero-order valence-corrected chi connectivity index (χ0v) is 38.2. The second kappa shape index (κ2) is 22.0. The number of hydrogen-bond acceptors (Lipinski definition) is 10. The fourth-order valence-electron chi connectivity index (χ4n) is 8.04. The largest absolute Gasteiger partial charge is 0.488 e. The van der Waals surface area contributed by atoms with Crippen LogP contribution in [-0.2, 0) is 30.4 Å². The first-order valence-electron chi connectivity index (χ1n) is 22.4. The third-order valence-electron chi connectivity index (χ3n) is 11.0. The molecular weight excluding hydrogens is 815 g/mol. The summed E-state index contributed by atoms with van der Waals surface area (Å²) in [5, 5.41) is 14.4. The normalized spacial score (nSPS) is 16.0. The molecule has 3 aromatic carbocycles. The lowest BCUT2D eigenvalue weighted by molar-refractivity contribution is -0.141. The van der Waals surface area contributed by atoms with E-state index in [1.54, 1.807) is 42.5 Å². The van der Waals surface area contributed by atoms with Gasteiger partial charge in [0, 0.05) is 42.0 Å². The van der Waals surface area contributed by atoms with E-state index >= 15 is 0 Å². The lowest BCUT2D eigenvalue weighted by Crippen LogP contribution is -2.56. The fourth-order valence-corrected chi connectivity index (χ4v) is 8.04. The number of fused-ring (bicyclic) bond motifs is 2. The van der Waals surface area contributed by atoms with E-state index in [-0.39, 0.29) is 47.2 Å². The average Bonchev–Trinajstić information content (AvgIpc) is 3.74. The van der Waals surface area contributed by atoms with Crippen LogP contribution in [-0.4, -0.2) is 102 Å². The zero-order chi connectivity index (χ0) is 46.7. The van der Waals surface area contributed by atoms with Crippen LogP contribution < -0.4 is 37.1 Å². The van der Waals surface area contributed by atoms with E-state index < -0.39 is 48.4 Å². The Morgan fingerprint density at radius 1 is 0.766 bits per heavy atom. The van der Waals surface area contributed by atoms with Gasteiger partial charge in [-0.25, -0.2) is 0 Å². The Morgan fingerprint density at radius 2 is 1.41 bits per heavy atom. The number of nitrogens with two attached hydrogens (primary N) is 1. The van der Waals surface area contributed by atoms with Gasteiger partial charge in [-0.1, -0.05) is 76.2 Å². The number of amides is 5. The number of carbonyl (C=O) groups is 7. The molecule has 3 aromatic rings. The van der Waals surface area contributed by atoms with Crippen LogP contribution in [0.15, 0.2) is 66.7 Å². The van der Waals surface area contributed by atoms with E-state index in [4.69, 9.17) is 10.5 Å². The third-order valence-corrected chi connectivity index (χ3v) is 11.0. The van der Waals surface area contributed by atoms with Gasteiger partial charge in [0.15, 0.2) is 11.6 Å². The Hall–Kier alpha value is -6.09. The Kier molecular flexibility index (Phi) is 16.8. The lowest BCUT2D eigenvalue weighted by atomic mass is 9.83. The molecule has 15 heteroatoms. The van der Waals surface area contributed by atoms with E-state index in [0.717, 1.165) is 5.56 Å². The summed E-state index contributed by atoms with van der Waals surface area (Å²) in [6.45, 7) is 14.2. The molecule has 5 rings (SSSR count). The van der Waals surface area contributed by atoms with Crippen LogP contribution >= 0.6 is 0 Å². The molecule has 0 bridgehead atoms. The molecule has 0 spiro atoms. The van der Waals surface area contributed by atoms with Gasteiger partial charge in [-0.05, 0) is 94.9 Å². The van der Waals surface area contributed by atoms with E-state index in [9.17, 15) is 33.6 Å². The van der Waals surface area contributed by atoms with E-state index in [0.29, 0.717) is 85.4 Å². The molecule has 1 saturated heterocycles. The predicted octanol–water partition coefficient (Wildman–Crippen LogP) is 4.30. The molecule has 5 amide bonds. The van der Waals surface area contributed by atoms with Crippen LogP contribution in [0.5, 0.6) is 5.75 Å². The number of hydrogen-bond donors (Lipinski definition) is 6. The SMILES string of the molecule is CC(C)C[C@H](NC(=O)[C@@H](N)Cc1ccc(OC(C)(C)C)cc1)C(=O)NCC(=O)N[C@@H](CC(C)C)C(=O)N1CCC[C@H]1C(=O)NCCCNc1cccc2c1C(=O)c1ccccc1C2=O. The van der Waals surface area contributed by atoms with Gasteiger partial charge in [0.05, 0.1) is 18.2 Å². The van der Waals surface area contributed by atoms with Crippen molar-refractivity contribution in [1.29, 1.82) is 0 Å². The minimum atomic E-state index is -0.946. The van der Waals surface area contributed by atoms with Crippen LogP contribution in [0.1, 0.15) is 118 Å². The number of nitrogens with zero attached hydrogens (tertiary/aromatic N) is 1. The van der Waals surface area contributed by atoms with Crippen LogP contribution in [0.3, 0.4) is 0 Å². The molecule has 64 heavy (non-hydrogen) atoms. The highest BCUT2D eigenvalue weighted by molar-refractivity contribution is 6.30. The average molecular weight is 880 g/mol. The van der Waals surface area contributed by atoms with Crippen molar-refractivity contribution in [2.24, 2.45) is 17.6 Å². The number of ether oxygens (including phenoxy) is 1. The molecule has 1 aliphatic heterocycles. The zero-order valence-electron chi connectivity index (χ0n) is 38.2. The van der Waals surface area contributed by atoms with Gasteiger partial charge in [0.25, 0.3) is 0 Å². The van der Waals surface area contributed by atoms with Gasteiger partial charge in [0.2, 0.25) is 29.5 Å². The Labute approximate surface area is 376 Å². The minimum Gasteiger partial charge on any atom is -0.488 e. The first-order valence-corrected chi connectivity index (χ1v) is 22.4. The summed E-state index contributed by atoms with van der Waals surface area (Å²) in [4.78, 5) is 95.3. The second-order valence-electron chi connectivity index (χ2n) is 18.5. The Bertz CT molecular complexity index is 2180. The standard InChI is InChI=1S/C49H65N7O8/c1-29(2)25-38(55-45(60)36(50)27-31-18-20-32(21-19-31)64-49(5,6)7)46(61)53-28-41(57)54-39(26-30(3)4)48(63)56-24-11-17-40(56)47(62)52-23-12-22-51-37-16-10-15-35-42(37)44(59)34-14-9-8-13-33(34)43(35)58/h8-10,13-16,18-21,29-30,36,38-40,51H,11-12,17,22-28,50H2,1-7H3,(H,52,62)(H,53,61)(H,54,57)(H,55,60)/t36-,38-,39-,40-/m0/s1. The number of nitrogens with one attached hydrogen (secondary N) is 5. The second-order valence-corrected chi connectivity index (χ2v) is 18.5. The monoisotopic (exact) mass is 879 g/mol.